The number of hydrogen-bond acceptors (Lipinski definition) is 2. The van der Waals surface area contributed by atoms with Crippen molar-refractivity contribution in [2.75, 3.05) is 19.6 Å². The van der Waals surface area contributed by atoms with Crippen LogP contribution < -0.4 is 5.32 Å². The van der Waals surface area contributed by atoms with Gasteiger partial charge in [0.25, 0.3) is 0 Å². The van der Waals surface area contributed by atoms with E-state index in [4.69, 9.17) is 0 Å². The maximum atomic E-state index is 11.0. The summed E-state index contributed by atoms with van der Waals surface area (Å²) in [5, 5.41) is 5.65. The minimum absolute atomic E-state index is 0.0778. The number of carbonyl (C=O) groups excluding carboxylic acids is 1. The lowest BCUT2D eigenvalue weighted by atomic mass is 9.93. The standard InChI is InChI=1S/C21H28N2O/c1-16-9-10-19-7-3-4-8-20(19)21(16)15-23-13-5-6-18(14-23)11-12-22-17(2)24/h3-4,7-10,18H,5-6,11-15H2,1-2H3,(H,22,24). The Kier molecular flexibility index (Phi) is 5.52. The van der Waals surface area contributed by atoms with Crippen molar-refractivity contribution in [1.82, 2.24) is 10.2 Å². The first-order chi connectivity index (χ1) is 11.6. The van der Waals surface area contributed by atoms with Crippen LogP contribution in [0.25, 0.3) is 10.8 Å². The number of carbonyl (C=O) groups is 1. The third-order valence-electron chi connectivity index (χ3n) is 5.19. The topological polar surface area (TPSA) is 32.3 Å². The molecule has 128 valence electrons. The fourth-order valence-corrected chi connectivity index (χ4v) is 3.86. The number of aryl methyl sites for hydroxylation is 1. The molecule has 0 aliphatic carbocycles. The number of hydrogen-bond donors (Lipinski definition) is 1. The molecule has 1 aliphatic heterocycles. The van der Waals surface area contributed by atoms with E-state index < -0.39 is 0 Å². The second kappa shape index (κ2) is 7.80. The molecule has 0 aromatic heterocycles. The summed E-state index contributed by atoms with van der Waals surface area (Å²) in [4.78, 5) is 13.6. The van der Waals surface area contributed by atoms with Crippen molar-refractivity contribution in [2.45, 2.75) is 39.7 Å². The summed E-state index contributed by atoms with van der Waals surface area (Å²) in [5.41, 5.74) is 2.85. The molecule has 1 unspecified atom stereocenters. The van der Waals surface area contributed by atoms with Crippen molar-refractivity contribution in [3.63, 3.8) is 0 Å². The molecular formula is C21H28N2O. The molecule has 1 heterocycles. The van der Waals surface area contributed by atoms with Gasteiger partial charge in [0.2, 0.25) is 5.91 Å². The van der Waals surface area contributed by atoms with Crippen LogP contribution in [0.2, 0.25) is 0 Å². The molecule has 1 saturated heterocycles. The van der Waals surface area contributed by atoms with E-state index >= 15 is 0 Å². The fourth-order valence-electron chi connectivity index (χ4n) is 3.86. The minimum Gasteiger partial charge on any atom is -0.356 e. The molecule has 2 aromatic carbocycles. The maximum absolute atomic E-state index is 11.0. The summed E-state index contributed by atoms with van der Waals surface area (Å²) in [7, 11) is 0. The van der Waals surface area contributed by atoms with E-state index in [0.717, 1.165) is 26.1 Å². The van der Waals surface area contributed by atoms with Gasteiger partial charge in [0, 0.05) is 26.6 Å². The third kappa shape index (κ3) is 4.15. The molecule has 0 radical (unpaired) electrons. The van der Waals surface area contributed by atoms with Gasteiger partial charge in [-0.15, -0.1) is 0 Å². The van der Waals surface area contributed by atoms with E-state index in [1.807, 2.05) is 0 Å². The van der Waals surface area contributed by atoms with Gasteiger partial charge in [-0.3, -0.25) is 9.69 Å². The van der Waals surface area contributed by atoms with Crippen LogP contribution in [0.4, 0.5) is 0 Å². The Hall–Kier alpha value is -1.87. The largest absolute Gasteiger partial charge is 0.356 e. The van der Waals surface area contributed by atoms with Crippen LogP contribution in [-0.2, 0) is 11.3 Å². The van der Waals surface area contributed by atoms with Gasteiger partial charge in [-0.1, -0.05) is 36.4 Å². The number of fused-ring (bicyclic) bond motifs is 1. The van der Waals surface area contributed by atoms with E-state index in [-0.39, 0.29) is 5.91 Å². The first-order valence-corrected chi connectivity index (χ1v) is 9.07. The average molecular weight is 324 g/mol. The van der Waals surface area contributed by atoms with E-state index in [9.17, 15) is 4.79 Å². The number of rotatable bonds is 5. The number of nitrogens with zero attached hydrogens (tertiary/aromatic N) is 1. The summed E-state index contributed by atoms with van der Waals surface area (Å²) in [6.45, 7) is 7.98. The smallest absolute Gasteiger partial charge is 0.216 e. The molecule has 0 spiro atoms. The molecule has 1 fully saturated rings. The van der Waals surface area contributed by atoms with Crippen LogP contribution >= 0.6 is 0 Å². The molecule has 2 aromatic rings. The predicted octanol–water partition coefficient (Wildman–Crippen LogP) is 3.89. The zero-order valence-corrected chi connectivity index (χ0v) is 14.8. The number of nitrogens with one attached hydrogen (secondary N) is 1. The van der Waals surface area contributed by atoms with Gasteiger partial charge >= 0.3 is 0 Å². The monoisotopic (exact) mass is 324 g/mol. The van der Waals surface area contributed by atoms with Crippen LogP contribution in [0.1, 0.15) is 37.3 Å². The van der Waals surface area contributed by atoms with Crippen LogP contribution in [0.5, 0.6) is 0 Å². The molecule has 1 N–H and O–H groups in total. The lowest BCUT2D eigenvalue weighted by Crippen LogP contribution is -2.36. The number of benzene rings is 2. The highest BCUT2D eigenvalue weighted by molar-refractivity contribution is 5.86. The molecule has 1 aliphatic rings. The highest BCUT2D eigenvalue weighted by Gasteiger charge is 2.20. The van der Waals surface area contributed by atoms with Crippen molar-refractivity contribution >= 4 is 16.7 Å². The zero-order valence-electron chi connectivity index (χ0n) is 14.8. The summed E-state index contributed by atoms with van der Waals surface area (Å²) < 4.78 is 0. The number of piperidine rings is 1. The highest BCUT2D eigenvalue weighted by Crippen LogP contribution is 2.26. The second-order valence-electron chi connectivity index (χ2n) is 7.10. The first kappa shape index (κ1) is 17.0. The fraction of sp³-hybridized carbons (Fsp3) is 0.476. The number of amides is 1. The van der Waals surface area contributed by atoms with Crippen LogP contribution in [-0.4, -0.2) is 30.4 Å². The van der Waals surface area contributed by atoms with Gasteiger partial charge in [0.05, 0.1) is 0 Å². The quantitative estimate of drug-likeness (QED) is 0.905. The van der Waals surface area contributed by atoms with E-state index in [2.05, 4.69) is 53.5 Å². The van der Waals surface area contributed by atoms with Crippen molar-refractivity contribution in [3.05, 3.63) is 47.5 Å². The number of likely N-dealkylation sites (tertiary alicyclic amines) is 1. The van der Waals surface area contributed by atoms with Crippen molar-refractivity contribution in [2.24, 2.45) is 5.92 Å². The normalized spacial score (nSPS) is 18.7. The Bertz CT molecular complexity index is 710. The molecule has 0 bridgehead atoms. The van der Waals surface area contributed by atoms with Crippen LogP contribution in [0.15, 0.2) is 36.4 Å². The van der Waals surface area contributed by atoms with Gasteiger partial charge in [-0.25, -0.2) is 0 Å². The molecular weight excluding hydrogens is 296 g/mol. The van der Waals surface area contributed by atoms with E-state index in [0.29, 0.717) is 5.92 Å². The summed E-state index contributed by atoms with van der Waals surface area (Å²) in [5.74, 6) is 0.773. The van der Waals surface area contributed by atoms with Crippen molar-refractivity contribution in [1.29, 1.82) is 0 Å². The minimum atomic E-state index is 0.0778. The Morgan fingerprint density at radius 1 is 1.25 bits per heavy atom. The Balaban J connectivity index is 1.67. The zero-order chi connectivity index (χ0) is 16.9. The van der Waals surface area contributed by atoms with Crippen LogP contribution in [0.3, 0.4) is 0 Å². The van der Waals surface area contributed by atoms with Crippen molar-refractivity contribution < 1.29 is 4.79 Å². The Morgan fingerprint density at radius 2 is 2.08 bits per heavy atom. The SMILES string of the molecule is CC(=O)NCCC1CCCN(Cc2c(C)ccc3ccccc23)C1. The summed E-state index contributed by atoms with van der Waals surface area (Å²) in [6.07, 6.45) is 3.63. The van der Waals surface area contributed by atoms with E-state index in [1.54, 1.807) is 6.92 Å². The molecule has 3 nitrogen and oxygen atoms in total. The van der Waals surface area contributed by atoms with Gasteiger partial charge in [0.15, 0.2) is 0 Å². The Morgan fingerprint density at radius 3 is 2.92 bits per heavy atom. The molecule has 1 atom stereocenters. The molecule has 1 amide bonds. The van der Waals surface area contributed by atoms with Gasteiger partial charge in [0.1, 0.15) is 0 Å². The average Bonchev–Trinajstić information content (AvgIpc) is 2.58. The maximum Gasteiger partial charge on any atom is 0.216 e. The van der Waals surface area contributed by atoms with Gasteiger partial charge < -0.3 is 5.32 Å². The lowest BCUT2D eigenvalue weighted by molar-refractivity contribution is -0.119. The molecule has 0 saturated carbocycles. The first-order valence-electron chi connectivity index (χ1n) is 9.07. The molecule has 3 heteroatoms. The van der Waals surface area contributed by atoms with Crippen molar-refractivity contribution in [3.8, 4) is 0 Å². The third-order valence-corrected chi connectivity index (χ3v) is 5.19. The summed E-state index contributed by atoms with van der Waals surface area (Å²) >= 11 is 0. The van der Waals surface area contributed by atoms with Crippen LogP contribution in [0, 0.1) is 12.8 Å². The van der Waals surface area contributed by atoms with Gasteiger partial charge in [-0.2, -0.15) is 0 Å². The lowest BCUT2D eigenvalue weighted by Gasteiger charge is -2.33. The predicted molar refractivity (Wildman–Crippen MR) is 100.0 cm³/mol. The summed E-state index contributed by atoms with van der Waals surface area (Å²) in [6, 6.07) is 13.2. The molecule has 24 heavy (non-hydrogen) atoms. The highest BCUT2D eigenvalue weighted by atomic mass is 16.1. The van der Waals surface area contributed by atoms with Gasteiger partial charge in [-0.05, 0) is 60.5 Å². The Labute approximate surface area is 145 Å². The second-order valence-corrected chi connectivity index (χ2v) is 7.10. The van der Waals surface area contributed by atoms with E-state index in [1.165, 1.54) is 41.3 Å². The molecule has 3 rings (SSSR count).